The number of hydrogen-bond acceptors (Lipinski definition) is 9. The molecule has 2 aromatic carbocycles. The molecule has 0 bridgehead atoms. The fourth-order valence-corrected chi connectivity index (χ4v) is 5.89. The van der Waals surface area contributed by atoms with Crippen LogP contribution in [-0.4, -0.2) is 99.7 Å². The smallest absolute Gasteiger partial charge is 0.259 e. The molecular formula is C27H27Cl2F3N4O7. The highest BCUT2D eigenvalue weighted by atomic mass is 35.5. The Labute approximate surface area is 253 Å². The summed E-state index contributed by atoms with van der Waals surface area (Å²) in [6, 6.07) is 3.75. The van der Waals surface area contributed by atoms with E-state index in [1.807, 2.05) is 0 Å². The molecule has 0 spiro atoms. The van der Waals surface area contributed by atoms with Crippen LogP contribution in [0.3, 0.4) is 0 Å². The van der Waals surface area contributed by atoms with Gasteiger partial charge in [-0.2, -0.15) is 0 Å². The van der Waals surface area contributed by atoms with Gasteiger partial charge in [0, 0.05) is 35.0 Å². The summed E-state index contributed by atoms with van der Waals surface area (Å²) in [6.07, 6.45) is -5.15. The summed E-state index contributed by atoms with van der Waals surface area (Å²) in [5.74, 6) is -5.27. The molecule has 16 heteroatoms. The van der Waals surface area contributed by atoms with Crippen molar-refractivity contribution in [1.82, 2.24) is 15.0 Å². The lowest BCUT2D eigenvalue weighted by molar-refractivity contribution is -0.211. The standard InChI is InChI=1S/C27H27Cl2F3N4O7/c1-41-25-23(35-9-18(33-34-35)12-4-16(30)22(32)17(31)5-12)24(39)21(10-37)43-26(25)27(40)36(19-11-42-3-2-20(19)38)15-7-13(28)6-14(29)8-15/h4-9,19-21,23-26,37-39H,2-3,10-11H2,1H3/t19-,20-,21+,23-,24-,25+,26+/m0/s1. The Morgan fingerprint density at radius 3 is 2.42 bits per heavy atom. The van der Waals surface area contributed by atoms with Crippen molar-refractivity contribution in [3.05, 3.63) is 64.0 Å². The Balaban J connectivity index is 1.55. The van der Waals surface area contributed by atoms with Gasteiger partial charge in [-0.25, -0.2) is 17.9 Å². The molecule has 3 heterocycles. The van der Waals surface area contributed by atoms with E-state index in [0.717, 1.165) is 16.8 Å². The first-order chi connectivity index (χ1) is 20.5. The number of amides is 1. The minimum atomic E-state index is -1.65. The SMILES string of the molecule is CO[C@@H]1[C@@H](n2cc(-c3cc(F)c(F)c(F)c3)nn2)[C@@H](O)[C@@H](CO)O[C@H]1C(=O)N(c1cc(Cl)cc(Cl)c1)[C@H]1COCC[C@@H]1O. The quantitative estimate of drug-likeness (QED) is 0.331. The van der Waals surface area contributed by atoms with Crippen molar-refractivity contribution in [2.24, 2.45) is 0 Å². The minimum Gasteiger partial charge on any atom is -0.394 e. The van der Waals surface area contributed by atoms with E-state index in [2.05, 4.69) is 10.3 Å². The van der Waals surface area contributed by atoms with Crippen LogP contribution in [0.4, 0.5) is 18.9 Å². The number of nitrogens with zero attached hydrogens (tertiary/aromatic N) is 4. The van der Waals surface area contributed by atoms with Crippen LogP contribution in [0.15, 0.2) is 36.5 Å². The summed E-state index contributed by atoms with van der Waals surface area (Å²) in [5.41, 5.74) is 0.00867. The molecule has 1 aromatic heterocycles. The van der Waals surface area contributed by atoms with Crippen molar-refractivity contribution in [3.63, 3.8) is 0 Å². The summed E-state index contributed by atoms with van der Waals surface area (Å²) in [6.45, 7) is -0.478. The van der Waals surface area contributed by atoms with Crippen molar-refractivity contribution >= 4 is 34.8 Å². The molecule has 5 rings (SSSR count). The molecule has 7 atom stereocenters. The van der Waals surface area contributed by atoms with Crippen LogP contribution in [0, 0.1) is 17.5 Å². The van der Waals surface area contributed by atoms with E-state index in [9.17, 15) is 33.3 Å². The van der Waals surface area contributed by atoms with Crippen LogP contribution in [0.1, 0.15) is 12.5 Å². The van der Waals surface area contributed by atoms with E-state index >= 15 is 0 Å². The third kappa shape index (κ3) is 6.24. The lowest BCUT2D eigenvalue weighted by Crippen LogP contribution is -2.64. The van der Waals surface area contributed by atoms with Gasteiger partial charge in [0.25, 0.3) is 5.91 Å². The van der Waals surface area contributed by atoms with Gasteiger partial charge in [-0.15, -0.1) is 5.10 Å². The van der Waals surface area contributed by atoms with Gasteiger partial charge in [-0.1, -0.05) is 28.4 Å². The first kappa shape index (κ1) is 31.6. The number of carbonyl (C=O) groups excluding carboxylic acids is 1. The second-order valence-corrected chi connectivity index (χ2v) is 11.0. The Bertz CT molecular complexity index is 1440. The number of aliphatic hydroxyl groups is 3. The van der Waals surface area contributed by atoms with Gasteiger partial charge in [-0.3, -0.25) is 4.79 Å². The second-order valence-electron chi connectivity index (χ2n) is 10.1. The van der Waals surface area contributed by atoms with Gasteiger partial charge >= 0.3 is 0 Å². The molecule has 2 fully saturated rings. The maximum Gasteiger partial charge on any atom is 0.259 e. The fourth-order valence-electron chi connectivity index (χ4n) is 5.37. The normalized spacial score (nSPS) is 27.7. The van der Waals surface area contributed by atoms with Crippen LogP contribution in [0.5, 0.6) is 0 Å². The van der Waals surface area contributed by atoms with Crippen LogP contribution in [-0.2, 0) is 19.0 Å². The second kappa shape index (κ2) is 13.0. The largest absolute Gasteiger partial charge is 0.394 e. The molecule has 11 nitrogen and oxygen atoms in total. The third-order valence-corrected chi connectivity index (χ3v) is 7.90. The van der Waals surface area contributed by atoms with E-state index < -0.39 is 72.6 Å². The maximum atomic E-state index is 14.4. The number of ether oxygens (including phenoxy) is 3. The molecule has 2 aliphatic rings. The van der Waals surface area contributed by atoms with Gasteiger partial charge in [-0.05, 0) is 36.8 Å². The lowest BCUT2D eigenvalue weighted by Gasteiger charge is -2.46. The van der Waals surface area contributed by atoms with Gasteiger partial charge in [0.1, 0.15) is 30.0 Å². The first-order valence-electron chi connectivity index (χ1n) is 13.1. The molecule has 0 aliphatic carbocycles. The molecule has 2 aliphatic heterocycles. The van der Waals surface area contributed by atoms with E-state index in [4.69, 9.17) is 37.4 Å². The average molecular weight is 647 g/mol. The molecule has 232 valence electrons. The molecular weight excluding hydrogens is 620 g/mol. The number of aromatic nitrogens is 3. The molecule has 1 amide bonds. The van der Waals surface area contributed by atoms with Crippen molar-refractivity contribution in [3.8, 4) is 11.3 Å². The molecule has 0 unspecified atom stereocenters. The zero-order chi connectivity index (χ0) is 31.0. The van der Waals surface area contributed by atoms with Crippen LogP contribution in [0.25, 0.3) is 11.3 Å². The number of aliphatic hydroxyl groups excluding tert-OH is 3. The number of carbonyl (C=O) groups is 1. The topological polar surface area (TPSA) is 139 Å². The zero-order valence-electron chi connectivity index (χ0n) is 22.5. The highest BCUT2D eigenvalue weighted by Gasteiger charge is 2.52. The van der Waals surface area contributed by atoms with E-state index in [0.29, 0.717) is 0 Å². The van der Waals surface area contributed by atoms with Crippen molar-refractivity contribution < 1.29 is 47.5 Å². The summed E-state index contributed by atoms with van der Waals surface area (Å²) in [7, 11) is 1.26. The number of rotatable bonds is 7. The molecule has 0 radical (unpaired) electrons. The monoisotopic (exact) mass is 646 g/mol. The Morgan fingerprint density at radius 2 is 1.81 bits per heavy atom. The van der Waals surface area contributed by atoms with E-state index in [-0.39, 0.29) is 46.6 Å². The van der Waals surface area contributed by atoms with Crippen LogP contribution < -0.4 is 4.90 Å². The predicted octanol–water partition coefficient (Wildman–Crippen LogP) is 2.53. The van der Waals surface area contributed by atoms with E-state index in [1.165, 1.54) is 36.4 Å². The number of hydrogen-bond donors (Lipinski definition) is 3. The summed E-state index contributed by atoms with van der Waals surface area (Å²) in [4.78, 5) is 15.6. The Morgan fingerprint density at radius 1 is 1.14 bits per heavy atom. The fraction of sp³-hybridized carbons (Fsp3) is 0.444. The number of benzene rings is 2. The molecule has 0 saturated carbocycles. The maximum absolute atomic E-state index is 14.4. The predicted molar refractivity (Wildman–Crippen MR) is 146 cm³/mol. The van der Waals surface area contributed by atoms with Gasteiger partial charge in [0.05, 0.1) is 31.6 Å². The van der Waals surface area contributed by atoms with Crippen LogP contribution >= 0.6 is 23.2 Å². The van der Waals surface area contributed by atoms with Gasteiger partial charge < -0.3 is 34.4 Å². The average Bonchev–Trinajstić information content (AvgIpc) is 3.45. The third-order valence-electron chi connectivity index (χ3n) is 7.46. The molecule has 3 aromatic rings. The van der Waals surface area contributed by atoms with Gasteiger partial charge in [0.2, 0.25) is 0 Å². The zero-order valence-corrected chi connectivity index (χ0v) is 24.0. The highest BCUT2D eigenvalue weighted by molar-refractivity contribution is 6.35. The van der Waals surface area contributed by atoms with Crippen molar-refractivity contribution in [1.29, 1.82) is 0 Å². The van der Waals surface area contributed by atoms with Crippen molar-refractivity contribution in [2.75, 3.05) is 31.8 Å². The van der Waals surface area contributed by atoms with E-state index in [1.54, 1.807) is 0 Å². The minimum absolute atomic E-state index is 0.0336. The lowest BCUT2D eigenvalue weighted by atomic mass is 9.91. The number of methoxy groups -OCH3 is 1. The molecule has 43 heavy (non-hydrogen) atoms. The summed E-state index contributed by atoms with van der Waals surface area (Å²) >= 11 is 12.5. The number of halogens is 5. The van der Waals surface area contributed by atoms with Crippen molar-refractivity contribution in [2.45, 2.75) is 49.0 Å². The summed E-state index contributed by atoms with van der Waals surface area (Å²) < 4.78 is 59.5. The first-order valence-corrected chi connectivity index (χ1v) is 13.9. The number of anilines is 1. The highest BCUT2D eigenvalue weighted by Crippen LogP contribution is 2.36. The molecule has 2 saturated heterocycles. The van der Waals surface area contributed by atoms with Gasteiger partial charge in [0.15, 0.2) is 23.6 Å². The summed E-state index contributed by atoms with van der Waals surface area (Å²) in [5, 5.41) is 40.4. The van der Waals surface area contributed by atoms with Crippen LogP contribution in [0.2, 0.25) is 10.0 Å². The molecule has 3 N–H and O–H groups in total. The Hall–Kier alpha value is -2.82. The Kier molecular flexibility index (Phi) is 9.58.